The zero-order valence-electron chi connectivity index (χ0n) is 20.8. The van der Waals surface area contributed by atoms with E-state index in [1.54, 1.807) is 24.5 Å². The molecule has 0 amide bonds. The smallest absolute Gasteiger partial charge is 0.175 e. The van der Waals surface area contributed by atoms with Gasteiger partial charge in [-0.2, -0.15) is 0 Å². The van der Waals surface area contributed by atoms with E-state index < -0.39 is 9.84 Å². The van der Waals surface area contributed by atoms with Crippen molar-refractivity contribution in [1.29, 1.82) is 0 Å². The standard InChI is InChI=1S/C30H27N3O3S/c1-20(2)36-25-9-4-22(5-10-25)29-19-24(14-16-31-29)33-28-15-17-32-30-18-23(8-13-27(28)30)21-6-11-26(12-7-21)37(3,34)35/h4-20H,1-3H3,(H,31,32,33). The summed E-state index contributed by atoms with van der Waals surface area (Å²) in [5.74, 6) is 0.835. The third-order valence-electron chi connectivity index (χ3n) is 5.92. The maximum atomic E-state index is 11.8. The minimum absolute atomic E-state index is 0.128. The van der Waals surface area contributed by atoms with E-state index in [0.717, 1.165) is 50.4 Å². The molecule has 0 bridgehead atoms. The van der Waals surface area contributed by atoms with Crippen molar-refractivity contribution in [2.24, 2.45) is 0 Å². The zero-order chi connectivity index (χ0) is 26.0. The molecule has 6 nitrogen and oxygen atoms in total. The molecule has 2 heterocycles. The molecule has 0 aliphatic heterocycles. The number of sulfone groups is 1. The third-order valence-corrected chi connectivity index (χ3v) is 7.05. The molecule has 37 heavy (non-hydrogen) atoms. The van der Waals surface area contributed by atoms with Gasteiger partial charge in [-0.05, 0) is 85.6 Å². The van der Waals surface area contributed by atoms with Gasteiger partial charge >= 0.3 is 0 Å². The summed E-state index contributed by atoms with van der Waals surface area (Å²) in [6.07, 6.45) is 4.90. The van der Waals surface area contributed by atoms with Crippen LogP contribution in [0.1, 0.15) is 13.8 Å². The number of anilines is 2. The first-order valence-electron chi connectivity index (χ1n) is 12.0. The lowest BCUT2D eigenvalue weighted by Gasteiger charge is -2.12. The fourth-order valence-electron chi connectivity index (χ4n) is 4.13. The van der Waals surface area contributed by atoms with Gasteiger partial charge in [-0.25, -0.2) is 8.42 Å². The monoisotopic (exact) mass is 509 g/mol. The maximum absolute atomic E-state index is 11.8. The molecular weight excluding hydrogens is 482 g/mol. The van der Waals surface area contributed by atoms with Crippen LogP contribution in [-0.4, -0.2) is 30.7 Å². The molecule has 0 radical (unpaired) electrons. The number of rotatable bonds is 7. The first kappa shape index (κ1) is 24.5. The van der Waals surface area contributed by atoms with Crippen molar-refractivity contribution in [2.75, 3.05) is 11.6 Å². The van der Waals surface area contributed by atoms with E-state index in [1.165, 1.54) is 6.26 Å². The van der Waals surface area contributed by atoms with Gasteiger partial charge in [0.2, 0.25) is 0 Å². The van der Waals surface area contributed by atoms with Crippen LogP contribution in [0.3, 0.4) is 0 Å². The Kier molecular flexibility index (Phi) is 6.63. The topological polar surface area (TPSA) is 81.2 Å². The molecule has 0 spiro atoms. The van der Waals surface area contributed by atoms with Crippen LogP contribution in [0.25, 0.3) is 33.3 Å². The van der Waals surface area contributed by atoms with Gasteiger partial charge < -0.3 is 10.1 Å². The van der Waals surface area contributed by atoms with Crippen LogP contribution in [0.5, 0.6) is 5.75 Å². The number of fused-ring (bicyclic) bond motifs is 1. The Morgan fingerprint density at radius 1 is 0.757 bits per heavy atom. The molecule has 5 rings (SSSR count). The summed E-state index contributed by atoms with van der Waals surface area (Å²) >= 11 is 0. The van der Waals surface area contributed by atoms with Crippen LogP contribution < -0.4 is 10.1 Å². The van der Waals surface area contributed by atoms with E-state index in [1.807, 2.05) is 86.6 Å². The van der Waals surface area contributed by atoms with E-state index >= 15 is 0 Å². The lowest BCUT2D eigenvalue weighted by Crippen LogP contribution is -2.05. The van der Waals surface area contributed by atoms with E-state index in [4.69, 9.17) is 4.74 Å². The van der Waals surface area contributed by atoms with Crippen molar-refractivity contribution in [3.63, 3.8) is 0 Å². The van der Waals surface area contributed by atoms with Gasteiger partial charge in [-0.15, -0.1) is 0 Å². The molecule has 0 atom stereocenters. The molecule has 1 N–H and O–H groups in total. The highest BCUT2D eigenvalue weighted by Crippen LogP contribution is 2.31. The molecule has 0 saturated heterocycles. The summed E-state index contributed by atoms with van der Waals surface area (Å²) < 4.78 is 29.3. The fraction of sp³-hybridized carbons (Fsp3) is 0.133. The summed E-state index contributed by atoms with van der Waals surface area (Å²) in [7, 11) is -3.23. The van der Waals surface area contributed by atoms with Crippen molar-refractivity contribution >= 4 is 32.1 Å². The first-order chi connectivity index (χ1) is 17.8. The zero-order valence-corrected chi connectivity index (χ0v) is 21.7. The number of nitrogens with zero attached hydrogens (tertiary/aromatic N) is 2. The fourth-order valence-corrected chi connectivity index (χ4v) is 4.76. The van der Waals surface area contributed by atoms with Crippen LogP contribution in [0, 0.1) is 0 Å². The van der Waals surface area contributed by atoms with Gasteiger partial charge in [0.25, 0.3) is 0 Å². The van der Waals surface area contributed by atoms with Gasteiger partial charge in [-0.3, -0.25) is 9.97 Å². The maximum Gasteiger partial charge on any atom is 0.175 e. The van der Waals surface area contributed by atoms with E-state index in [2.05, 4.69) is 15.3 Å². The molecule has 0 aliphatic rings. The second kappa shape index (κ2) is 10.0. The number of aromatic nitrogens is 2. The largest absolute Gasteiger partial charge is 0.491 e. The van der Waals surface area contributed by atoms with E-state index in [0.29, 0.717) is 4.90 Å². The Bertz CT molecular complexity index is 1660. The first-order valence-corrected chi connectivity index (χ1v) is 13.8. The van der Waals surface area contributed by atoms with E-state index in [9.17, 15) is 8.42 Å². The average Bonchev–Trinajstić information content (AvgIpc) is 2.88. The highest BCUT2D eigenvalue weighted by atomic mass is 32.2. The Morgan fingerprint density at radius 3 is 2.14 bits per heavy atom. The predicted octanol–water partition coefficient (Wildman–Crippen LogP) is 6.90. The summed E-state index contributed by atoms with van der Waals surface area (Å²) in [5, 5.41) is 4.49. The number of ether oxygens (including phenoxy) is 1. The van der Waals surface area contributed by atoms with Crippen molar-refractivity contribution in [1.82, 2.24) is 9.97 Å². The minimum Gasteiger partial charge on any atom is -0.491 e. The number of benzene rings is 3. The minimum atomic E-state index is -3.23. The molecule has 0 saturated carbocycles. The lowest BCUT2D eigenvalue weighted by atomic mass is 10.0. The highest BCUT2D eigenvalue weighted by molar-refractivity contribution is 7.90. The molecule has 3 aromatic carbocycles. The Morgan fingerprint density at radius 2 is 1.43 bits per heavy atom. The molecule has 186 valence electrons. The summed E-state index contributed by atoms with van der Waals surface area (Å²) in [6, 6.07) is 26.8. The van der Waals surface area contributed by atoms with Gasteiger partial charge in [0.15, 0.2) is 9.84 Å². The van der Waals surface area contributed by atoms with Gasteiger partial charge in [0.1, 0.15) is 5.75 Å². The van der Waals surface area contributed by atoms with Crippen LogP contribution in [0.15, 0.2) is 102 Å². The normalized spacial score (nSPS) is 11.6. The lowest BCUT2D eigenvalue weighted by molar-refractivity contribution is 0.242. The summed E-state index contributed by atoms with van der Waals surface area (Å²) in [5.41, 5.74) is 6.45. The number of nitrogens with one attached hydrogen (secondary N) is 1. The Hall–Kier alpha value is -4.23. The van der Waals surface area contributed by atoms with Crippen LogP contribution in [0.2, 0.25) is 0 Å². The molecule has 0 fully saturated rings. The Labute approximate surface area is 216 Å². The molecule has 0 aliphatic carbocycles. The van der Waals surface area contributed by atoms with Crippen LogP contribution >= 0.6 is 0 Å². The average molecular weight is 510 g/mol. The van der Waals surface area contributed by atoms with Crippen LogP contribution in [0.4, 0.5) is 11.4 Å². The Balaban J connectivity index is 1.40. The number of pyridine rings is 2. The summed E-state index contributed by atoms with van der Waals surface area (Å²) in [4.78, 5) is 9.40. The number of hydrogen-bond donors (Lipinski definition) is 1. The van der Waals surface area contributed by atoms with Crippen LogP contribution in [-0.2, 0) is 9.84 Å². The third kappa shape index (κ3) is 5.62. The second-order valence-electron chi connectivity index (χ2n) is 9.13. The van der Waals surface area contributed by atoms with Gasteiger partial charge in [-0.1, -0.05) is 24.3 Å². The van der Waals surface area contributed by atoms with Crippen molar-refractivity contribution in [2.45, 2.75) is 24.8 Å². The van der Waals surface area contributed by atoms with Crippen molar-refractivity contribution in [3.05, 3.63) is 97.3 Å². The molecule has 0 unspecified atom stereocenters. The van der Waals surface area contributed by atoms with Crippen molar-refractivity contribution in [3.8, 4) is 28.1 Å². The highest BCUT2D eigenvalue weighted by Gasteiger charge is 2.10. The molecule has 2 aromatic heterocycles. The summed E-state index contributed by atoms with van der Waals surface area (Å²) in [6.45, 7) is 4.01. The van der Waals surface area contributed by atoms with Gasteiger partial charge in [0.05, 0.1) is 22.2 Å². The van der Waals surface area contributed by atoms with Gasteiger partial charge in [0, 0.05) is 41.0 Å². The van der Waals surface area contributed by atoms with Crippen molar-refractivity contribution < 1.29 is 13.2 Å². The second-order valence-corrected chi connectivity index (χ2v) is 11.1. The SMILES string of the molecule is CC(C)Oc1ccc(-c2cc(Nc3ccnc4cc(-c5ccc(S(C)(=O)=O)cc5)ccc34)ccn2)cc1. The molecular formula is C30H27N3O3S. The predicted molar refractivity (Wildman–Crippen MR) is 149 cm³/mol. The molecule has 5 aromatic rings. The van der Waals surface area contributed by atoms with E-state index in [-0.39, 0.29) is 6.10 Å². The number of hydrogen-bond acceptors (Lipinski definition) is 6. The molecule has 7 heteroatoms. The quantitative estimate of drug-likeness (QED) is 0.257.